The number of nitrogens with zero attached hydrogens (tertiary/aromatic N) is 3. The Morgan fingerprint density at radius 2 is 2.12 bits per heavy atom. The van der Waals surface area contributed by atoms with Crippen LogP contribution in [0.2, 0.25) is 0 Å². The van der Waals surface area contributed by atoms with Crippen molar-refractivity contribution < 1.29 is 0 Å². The van der Waals surface area contributed by atoms with Crippen LogP contribution >= 0.6 is 0 Å². The number of rotatable bonds is 2. The molecule has 0 unspecified atom stereocenters. The van der Waals surface area contributed by atoms with Crippen molar-refractivity contribution in [3.63, 3.8) is 0 Å². The summed E-state index contributed by atoms with van der Waals surface area (Å²) < 4.78 is 1.87. The van der Waals surface area contributed by atoms with E-state index in [2.05, 4.69) is 17.0 Å². The summed E-state index contributed by atoms with van der Waals surface area (Å²) >= 11 is 0. The van der Waals surface area contributed by atoms with E-state index in [1.165, 1.54) is 12.8 Å². The summed E-state index contributed by atoms with van der Waals surface area (Å²) in [4.78, 5) is 4.64. The molecule has 2 N–H and O–H groups in total. The molecule has 0 aliphatic heterocycles. The molecule has 0 bridgehead atoms. The third-order valence-electron chi connectivity index (χ3n) is 3.21. The molecular formula is C13H16N4. The average molecular weight is 228 g/mol. The van der Waals surface area contributed by atoms with E-state index < -0.39 is 0 Å². The first-order chi connectivity index (χ1) is 8.15. The first-order valence-corrected chi connectivity index (χ1v) is 5.92. The lowest BCUT2D eigenvalue weighted by molar-refractivity contribution is 0.750. The molecule has 17 heavy (non-hydrogen) atoms. The summed E-state index contributed by atoms with van der Waals surface area (Å²) in [5, 5.41) is 4.49. The van der Waals surface area contributed by atoms with Crippen LogP contribution in [-0.4, -0.2) is 14.8 Å². The Hall–Kier alpha value is -1.84. The number of aromatic nitrogens is 3. The van der Waals surface area contributed by atoms with Gasteiger partial charge in [0, 0.05) is 24.2 Å². The fourth-order valence-corrected chi connectivity index (χ4v) is 2.09. The molecule has 1 fully saturated rings. The van der Waals surface area contributed by atoms with Gasteiger partial charge < -0.3 is 5.73 Å². The molecular weight excluding hydrogens is 212 g/mol. The van der Waals surface area contributed by atoms with Crippen LogP contribution in [0.4, 0.5) is 5.69 Å². The van der Waals surface area contributed by atoms with Crippen molar-refractivity contribution in [2.24, 2.45) is 7.05 Å². The van der Waals surface area contributed by atoms with Gasteiger partial charge in [-0.3, -0.25) is 0 Å². The first kappa shape index (κ1) is 10.3. The van der Waals surface area contributed by atoms with Crippen molar-refractivity contribution >= 4 is 5.69 Å². The summed E-state index contributed by atoms with van der Waals surface area (Å²) in [5.41, 5.74) is 8.81. The minimum atomic E-state index is 0.587. The van der Waals surface area contributed by atoms with Crippen LogP contribution in [-0.2, 0) is 7.05 Å². The Kier molecular flexibility index (Phi) is 2.18. The second-order valence-corrected chi connectivity index (χ2v) is 4.77. The van der Waals surface area contributed by atoms with Crippen LogP contribution in [0.3, 0.4) is 0 Å². The highest BCUT2D eigenvalue weighted by Crippen LogP contribution is 2.39. The molecule has 0 saturated heterocycles. The fourth-order valence-electron chi connectivity index (χ4n) is 2.09. The Balaban J connectivity index is 2.07. The first-order valence-electron chi connectivity index (χ1n) is 5.92. The van der Waals surface area contributed by atoms with Crippen molar-refractivity contribution in [1.29, 1.82) is 0 Å². The third-order valence-corrected chi connectivity index (χ3v) is 3.21. The van der Waals surface area contributed by atoms with Crippen molar-refractivity contribution in [2.45, 2.75) is 25.7 Å². The van der Waals surface area contributed by atoms with Crippen LogP contribution in [0, 0.1) is 6.92 Å². The van der Waals surface area contributed by atoms with E-state index in [0.29, 0.717) is 5.92 Å². The number of benzene rings is 1. The minimum Gasteiger partial charge on any atom is -0.399 e. The number of nitrogens with two attached hydrogens (primary N) is 1. The van der Waals surface area contributed by atoms with Gasteiger partial charge in [0.25, 0.3) is 0 Å². The number of aryl methyl sites for hydroxylation is 2. The van der Waals surface area contributed by atoms with Crippen LogP contribution in [0.25, 0.3) is 11.4 Å². The molecule has 0 radical (unpaired) electrons. The predicted octanol–water partition coefficient (Wildman–Crippen LogP) is 2.25. The molecule has 1 aliphatic rings. The summed E-state index contributed by atoms with van der Waals surface area (Å²) in [5.74, 6) is 2.51. The SMILES string of the molecule is Cc1cc(N)ccc1-c1nc(C2CC2)nn1C. The number of hydrogen-bond acceptors (Lipinski definition) is 3. The zero-order valence-electron chi connectivity index (χ0n) is 10.1. The second-order valence-electron chi connectivity index (χ2n) is 4.77. The topological polar surface area (TPSA) is 56.7 Å². The molecule has 1 saturated carbocycles. The zero-order chi connectivity index (χ0) is 12.0. The van der Waals surface area contributed by atoms with Gasteiger partial charge >= 0.3 is 0 Å². The molecule has 0 atom stereocenters. The highest BCUT2D eigenvalue weighted by molar-refractivity contribution is 5.64. The summed E-state index contributed by atoms with van der Waals surface area (Å²) in [6, 6.07) is 5.90. The molecule has 0 spiro atoms. The van der Waals surface area contributed by atoms with E-state index in [0.717, 1.165) is 28.5 Å². The van der Waals surface area contributed by atoms with Gasteiger partial charge in [-0.25, -0.2) is 9.67 Å². The molecule has 3 rings (SSSR count). The van der Waals surface area contributed by atoms with Gasteiger partial charge in [-0.15, -0.1) is 0 Å². The molecule has 4 heteroatoms. The molecule has 1 aromatic heterocycles. The van der Waals surface area contributed by atoms with Gasteiger partial charge in [-0.05, 0) is 43.5 Å². The van der Waals surface area contributed by atoms with E-state index in [4.69, 9.17) is 5.73 Å². The highest BCUT2D eigenvalue weighted by Gasteiger charge is 2.28. The summed E-state index contributed by atoms with van der Waals surface area (Å²) in [6.07, 6.45) is 2.45. The van der Waals surface area contributed by atoms with E-state index in [1.54, 1.807) is 0 Å². The smallest absolute Gasteiger partial charge is 0.158 e. The quantitative estimate of drug-likeness (QED) is 0.802. The summed E-state index contributed by atoms with van der Waals surface area (Å²) in [7, 11) is 1.95. The van der Waals surface area contributed by atoms with E-state index in [-0.39, 0.29) is 0 Å². The molecule has 1 aliphatic carbocycles. The van der Waals surface area contributed by atoms with Crippen molar-refractivity contribution in [3.8, 4) is 11.4 Å². The monoisotopic (exact) mass is 228 g/mol. The normalized spacial score (nSPS) is 15.2. The number of nitrogen functional groups attached to an aromatic ring is 1. The maximum Gasteiger partial charge on any atom is 0.158 e. The van der Waals surface area contributed by atoms with Crippen molar-refractivity contribution in [2.75, 3.05) is 5.73 Å². The minimum absolute atomic E-state index is 0.587. The van der Waals surface area contributed by atoms with Gasteiger partial charge in [-0.2, -0.15) is 5.10 Å². The lowest BCUT2D eigenvalue weighted by Gasteiger charge is -2.05. The molecule has 0 amide bonds. The van der Waals surface area contributed by atoms with Gasteiger partial charge in [0.05, 0.1) is 0 Å². The van der Waals surface area contributed by atoms with Gasteiger partial charge in [0.1, 0.15) is 0 Å². The van der Waals surface area contributed by atoms with Gasteiger partial charge in [0.2, 0.25) is 0 Å². The molecule has 1 heterocycles. The largest absolute Gasteiger partial charge is 0.399 e. The fraction of sp³-hybridized carbons (Fsp3) is 0.385. The predicted molar refractivity (Wildman–Crippen MR) is 67.6 cm³/mol. The Morgan fingerprint density at radius 3 is 2.76 bits per heavy atom. The number of hydrogen-bond donors (Lipinski definition) is 1. The zero-order valence-corrected chi connectivity index (χ0v) is 10.1. The van der Waals surface area contributed by atoms with Crippen LogP contribution < -0.4 is 5.73 Å². The highest BCUT2D eigenvalue weighted by atomic mass is 15.3. The molecule has 2 aromatic rings. The van der Waals surface area contributed by atoms with Gasteiger partial charge in [-0.1, -0.05) is 0 Å². The molecule has 88 valence electrons. The molecule has 1 aromatic carbocycles. The average Bonchev–Trinajstić information content (AvgIpc) is 3.04. The lowest BCUT2D eigenvalue weighted by atomic mass is 10.1. The third kappa shape index (κ3) is 1.79. The van der Waals surface area contributed by atoms with E-state index >= 15 is 0 Å². The maximum absolute atomic E-state index is 5.76. The van der Waals surface area contributed by atoms with Gasteiger partial charge in [0.15, 0.2) is 11.6 Å². The molecule has 4 nitrogen and oxygen atoms in total. The maximum atomic E-state index is 5.76. The lowest BCUT2D eigenvalue weighted by Crippen LogP contribution is -1.97. The Labute approximate surface area is 100 Å². The van der Waals surface area contributed by atoms with Crippen LogP contribution in [0.5, 0.6) is 0 Å². The Morgan fingerprint density at radius 1 is 1.35 bits per heavy atom. The number of anilines is 1. The summed E-state index contributed by atoms with van der Waals surface area (Å²) in [6.45, 7) is 2.05. The van der Waals surface area contributed by atoms with Crippen molar-refractivity contribution in [3.05, 3.63) is 29.6 Å². The van der Waals surface area contributed by atoms with E-state index in [1.807, 2.05) is 29.9 Å². The standard InChI is InChI=1S/C13H16N4/c1-8-7-10(14)5-6-11(8)13-15-12(9-3-4-9)16-17(13)2/h5-7,9H,3-4,14H2,1-2H3. The second kappa shape index (κ2) is 3.58. The van der Waals surface area contributed by atoms with Crippen LogP contribution in [0.15, 0.2) is 18.2 Å². The van der Waals surface area contributed by atoms with Crippen molar-refractivity contribution in [1.82, 2.24) is 14.8 Å². The van der Waals surface area contributed by atoms with E-state index in [9.17, 15) is 0 Å². The Bertz CT molecular complexity index is 567. The van der Waals surface area contributed by atoms with Crippen LogP contribution in [0.1, 0.15) is 30.1 Å².